The van der Waals surface area contributed by atoms with Crippen molar-refractivity contribution in [1.82, 2.24) is 0 Å². The summed E-state index contributed by atoms with van der Waals surface area (Å²) < 4.78 is 15.8. The third-order valence-corrected chi connectivity index (χ3v) is 5.28. The Balaban J connectivity index is 1.53. The molecule has 0 spiro atoms. The number of carbonyl (C=O) groups is 1. The molecule has 1 aromatic rings. The standard InChI is InChI=1S/C19H24N2O4/c1-4-13-11-21-6-5-14(13)7-16(21)12-25-19(22)20-15-8-17(23-2)10-18(9-15)24-3/h1,8-10,13-14,16H,5-7,11-12H2,2-3H3,(H,20,22)/p+1/t13-,14-,16+/m0/s1. The topological polar surface area (TPSA) is 61.2 Å². The molecule has 3 aliphatic rings. The minimum Gasteiger partial charge on any atom is -0.497 e. The number of rotatable bonds is 5. The summed E-state index contributed by atoms with van der Waals surface area (Å²) in [5.41, 5.74) is 0.575. The molecule has 3 fully saturated rings. The molecule has 0 radical (unpaired) electrons. The van der Waals surface area contributed by atoms with E-state index in [-0.39, 0.29) is 0 Å². The summed E-state index contributed by atoms with van der Waals surface area (Å²) in [6, 6.07) is 5.53. The Morgan fingerprint density at radius 1 is 1.32 bits per heavy atom. The maximum Gasteiger partial charge on any atom is 0.411 e. The number of ether oxygens (including phenoxy) is 3. The van der Waals surface area contributed by atoms with Gasteiger partial charge in [-0.05, 0) is 5.92 Å². The minimum absolute atomic E-state index is 0.342. The molecule has 0 aromatic heterocycles. The lowest BCUT2D eigenvalue weighted by Gasteiger charge is -2.44. The van der Waals surface area contributed by atoms with Crippen LogP contribution >= 0.6 is 0 Å². The number of anilines is 1. The fraction of sp³-hybridized carbons (Fsp3) is 0.526. The van der Waals surface area contributed by atoms with E-state index in [2.05, 4.69) is 11.2 Å². The van der Waals surface area contributed by atoms with Gasteiger partial charge < -0.3 is 19.1 Å². The highest BCUT2D eigenvalue weighted by Crippen LogP contribution is 2.27. The van der Waals surface area contributed by atoms with Gasteiger partial charge in [0.05, 0.1) is 38.9 Å². The predicted molar refractivity (Wildman–Crippen MR) is 94.0 cm³/mol. The normalized spacial score (nSPS) is 27.2. The molecule has 1 amide bonds. The van der Waals surface area contributed by atoms with Crippen molar-refractivity contribution in [3.8, 4) is 23.8 Å². The molecule has 0 saturated carbocycles. The van der Waals surface area contributed by atoms with Crippen LogP contribution < -0.4 is 19.7 Å². The van der Waals surface area contributed by atoms with Crippen LogP contribution in [0.3, 0.4) is 0 Å². The van der Waals surface area contributed by atoms with Gasteiger partial charge in [-0.25, -0.2) is 4.79 Å². The number of quaternary nitrogens is 1. The molecule has 1 aromatic carbocycles. The number of benzene rings is 1. The van der Waals surface area contributed by atoms with Gasteiger partial charge in [0.1, 0.15) is 24.1 Å². The van der Waals surface area contributed by atoms with Crippen molar-refractivity contribution in [3.05, 3.63) is 18.2 Å². The molecule has 134 valence electrons. The van der Waals surface area contributed by atoms with Crippen LogP contribution in [0.2, 0.25) is 0 Å². The number of hydrogen-bond donors (Lipinski definition) is 2. The van der Waals surface area contributed by atoms with E-state index in [1.165, 1.54) is 11.3 Å². The molecule has 6 nitrogen and oxygen atoms in total. The van der Waals surface area contributed by atoms with Crippen molar-refractivity contribution in [2.24, 2.45) is 11.8 Å². The minimum atomic E-state index is -0.467. The van der Waals surface area contributed by atoms with E-state index in [0.29, 0.717) is 41.7 Å². The van der Waals surface area contributed by atoms with Crippen LogP contribution in [-0.2, 0) is 4.74 Å². The van der Waals surface area contributed by atoms with Crippen molar-refractivity contribution in [3.63, 3.8) is 0 Å². The maximum absolute atomic E-state index is 12.1. The first-order valence-electron chi connectivity index (χ1n) is 8.60. The quantitative estimate of drug-likeness (QED) is 0.787. The van der Waals surface area contributed by atoms with Crippen molar-refractivity contribution in [1.29, 1.82) is 0 Å². The number of nitrogens with one attached hydrogen (secondary N) is 2. The van der Waals surface area contributed by atoms with Crippen LogP contribution in [0, 0.1) is 24.2 Å². The fourth-order valence-electron chi connectivity index (χ4n) is 3.90. The zero-order valence-corrected chi connectivity index (χ0v) is 14.7. The Bertz CT molecular complexity index is 648. The van der Waals surface area contributed by atoms with E-state index < -0.39 is 6.09 Å². The summed E-state index contributed by atoms with van der Waals surface area (Å²) in [5.74, 6) is 5.07. The molecule has 25 heavy (non-hydrogen) atoms. The summed E-state index contributed by atoms with van der Waals surface area (Å²) in [6.07, 6.45) is 7.35. The summed E-state index contributed by atoms with van der Waals surface area (Å²) in [4.78, 5) is 13.6. The Morgan fingerprint density at radius 2 is 2.04 bits per heavy atom. The van der Waals surface area contributed by atoms with Crippen molar-refractivity contribution >= 4 is 11.8 Å². The molecule has 3 aliphatic heterocycles. The van der Waals surface area contributed by atoms with E-state index in [4.69, 9.17) is 20.6 Å². The van der Waals surface area contributed by atoms with Gasteiger partial charge in [-0.1, -0.05) is 5.92 Å². The summed E-state index contributed by atoms with van der Waals surface area (Å²) >= 11 is 0. The smallest absolute Gasteiger partial charge is 0.411 e. The van der Waals surface area contributed by atoms with Crippen molar-refractivity contribution in [2.75, 3.05) is 39.2 Å². The Kier molecular flexibility index (Phi) is 5.34. The molecule has 3 heterocycles. The zero-order valence-electron chi connectivity index (χ0n) is 14.7. The second-order valence-corrected chi connectivity index (χ2v) is 6.69. The number of amides is 1. The van der Waals surface area contributed by atoms with E-state index >= 15 is 0 Å². The van der Waals surface area contributed by atoms with E-state index in [1.54, 1.807) is 32.4 Å². The molecule has 1 unspecified atom stereocenters. The molecular formula is C19H25N2O4+. The highest BCUT2D eigenvalue weighted by molar-refractivity contribution is 5.85. The predicted octanol–water partition coefficient (Wildman–Crippen LogP) is 1.18. The number of methoxy groups -OCH3 is 2. The number of hydrogen-bond acceptors (Lipinski definition) is 4. The SMILES string of the molecule is C#C[C@H]1C[NH+]2CC[C@H]1C[C@@H]2COC(=O)Nc1cc(OC)cc(OC)c1. The van der Waals surface area contributed by atoms with E-state index in [0.717, 1.165) is 19.5 Å². The summed E-state index contributed by atoms with van der Waals surface area (Å²) in [7, 11) is 3.13. The summed E-state index contributed by atoms with van der Waals surface area (Å²) in [5, 5.41) is 2.73. The summed E-state index contributed by atoms with van der Waals surface area (Å²) in [6.45, 7) is 2.52. The van der Waals surface area contributed by atoms with Crippen LogP contribution in [0.1, 0.15) is 12.8 Å². The van der Waals surface area contributed by atoms with Crippen LogP contribution in [0.4, 0.5) is 10.5 Å². The number of carbonyl (C=O) groups excluding carboxylic acids is 1. The first kappa shape index (κ1) is 17.4. The van der Waals surface area contributed by atoms with Gasteiger partial charge in [-0.2, -0.15) is 0 Å². The lowest BCUT2D eigenvalue weighted by molar-refractivity contribution is -0.945. The average molecular weight is 345 g/mol. The number of fused-ring (bicyclic) bond motifs is 3. The molecule has 0 aliphatic carbocycles. The molecule has 4 rings (SSSR count). The fourth-order valence-corrected chi connectivity index (χ4v) is 3.90. The zero-order chi connectivity index (χ0) is 17.8. The molecule has 2 bridgehead atoms. The van der Waals surface area contributed by atoms with Crippen LogP contribution in [0.15, 0.2) is 18.2 Å². The van der Waals surface area contributed by atoms with Gasteiger partial charge in [-0.15, -0.1) is 6.42 Å². The molecule has 6 heteroatoms. The second-order valence-electron chi connectivity index (χ2n) is 6.69. The van der Waals surface area contributed by atoms with E-state index in [9.17, 15) is 4.79 Å². The van der Waals surface area contributed by atoms with Gasteiger partial charge in [0.15, 0.2) is 0 Å². The Morgan fingerprint density at radius 3 is 2.60 bits per heavy atom. The van der Waals surface area contributed by atoms with Crippen molar-refractivity contribution < 1.29 is 23.9 Å². The van der Waals surface area contributed by atoms with Gasteiger partial charge in [0.25, 0.3) is 0 Å². The Hall–Kier alpha value is -2.39. The number of terminal acetylenes is 1. The molecule has 4 atom stereocenters. The van der Waals surface area contributed by atoms with Crippen LogP contribution in [0.25, 0.3) is 0 Å². The van der Waals surface area contributed by atoms with Gasteiger partial charge in [-0.3, -0.25) is 5.32 Å². The maximum atomic E-state index is 12.1. The lowest BCUT2D eigenvalue weighted by atomic mass is 9.76. The molecular weight excluding hydrogens is 320 g/mol. The number of piperidine rings is 3. The van der Waals surface area contributed by atoms with Gasteiger partial charge in [0, 0.05) is 31.0 Å². The average Bonchev–Trinajstić information content (AvgIpc) is 2.66. The van der Waals surface area contributed by atoms with Crippen LogP contribution in [0.5, 0.6) is 11.5 Å². The van der Waals surface area contributed by atoms with E-state index in [1.807, 2.05) is 0 Å². The van der Waals surface area contributed by atoms with Gasteiger partial charge in [0.2, 0.25) is 0 Å². The monoisotopic (exact) mass is 345 g/mol. The first-order valence-corrected chi connectivity index (χ1v) is 8.60. The highest BCUT2D eigenvalue weighted by atomic mass is 16.5. The molecule has 2 N–H and O–H groups in total. The Labute approximate surface area is 148 Å². The largest absolute Gasteiger partial charge is 0.497 e. The first-order chi connectivity index (χ1) is 12.1. The molecule has 3 saturated heterocycles. The highest BCUT2D eigenvalue weighted by Gasteiger charge is 2.43. The van der Waals surface area contributed by atoms with Crippen LogP contribution in [-0.4, -0.2) is 46.1 Å². The third kappa shape index (κ3) is 3.99. The van der Waals surface area contributed by atoms with Crippen molar-refractivity contribution in [2.45, 2.75) is 18.9 Å². The van der Waals surface area contributed by atoms with Gasteiger partial charge >= 0.3 is 6.09 Å². The lowest BCUT2D eigenvalue weighted by Crippen LogP contribution is -3.20. The third-order valence-electron chi connectivity index (χ3n) is 5.28. The second kappa shape index (κ2) is 7.66.